The molecule has 0 atom stereocenters. The molecule has 1 saturated heterocycles. The molecule has 2 rings (SSSR count). The first-order chi connectivity index (χ1) is 9.58. The highest BCUT2D eigenvalue weighted by atomic mass is 19.1. The fourth-order valence-corrected chi connectivity index (χ4v) is 2.14. The summed E-state index contributed by atoms with van der Waals surface area (Å²) in [7, 11) is 0. The number of piperidine rings is 1. The summed E-state index contributed by atoms with van der Waals surface area (Å²) in [5, 5.41) is 0. The van der Waals surface area contributed by atoms with Crippen molar-refractivity contribution in [3.05, 3.63) is 29.6 Å². The molecule has 0 spiro atoms. The molecule has 6 heteroatoms. The zero-order chi connectivity index (χ0) is 14.5. The lowest BCUT2D eigenvalue weighted by molar-refractivity contribution is -0.135. The molecule has 20 heavy (non-hydrogen) atoms. The second kappa shape index (κ2) is 6.36. The van der Waals surface area contributed by atoms with Crippen molar-refractivity contribution in [1.29, 1.82) is 0 Å². The molecule has 1 aromatic carbocycles. The molecule has 0 radical (unpaired) electrons. The van der Waals surface area contributed by atoms with Gasteiger partial charge in [0.05, 0.1) is 5.56 Å². The lowest BCUT2D eigenvalue weighted by atomic mass is 10.1. The molecule has 2 N–H and O–H groups in total. The Balaban J connectivity index is 1.91. The maximum Gasteiger partial charge on any atom is 0.341 e. The Kier molecular flexibility index (Phi) is 4.55. The van der Waals surface area contributed by atoms with E-state index in [9.17, 15) is 14.0 Å². The number of likely N-dealkylation sites (tertiary alicyclic amines) is 1. The van der Waals surface area contributed by atoms with E-state index in [2.05, 4.69) is 0 Å². The third-order valence-electron chi connectivity index (χ3n) is 3.25. The molecular formula is C14H17FN2O3. The van der Waals surface area contributed by atoms with Gasteiger partial charge < -0.3 is 15.4 Å². The molecule has 0 aromatic heterocycles. The Morgan fingerprint density at radius 2 is 1.95 bits per heavy atom. The molecule has 1 aliphatic heterocycles. The first-order valence-electron chi connectivity index (χ1n) is 6.58. The first kappa shape index (κ1) is 14.3. The largest absolute Gasteiger partial charge is 0.452 e. The van der Waals surface area contributed by atoms with Crippen LogP contribution in [0.2, 0.25) is 0 Å². The third kappa shape index (κ3) is 3.46. The number of ether oxygens (including phenoxy) is 1. The van der Waals surface area contributed by atoms with Gasteiger partial charge in [-0.25, -0.2) is 9.18 Å². The van der Waals surface area contributed by atoms with Gasteiger partial charge in [-0.1, -0.05) is 0 Å². The van der Waals surface area contributed by atoms with Gasteiger partial charge in [-0.2, -0.15) is 0 Å². The Morgan fingerprint density at radius 1 is 1.25 bits per heavy atom. The topological polar surface area (TPSA) is 72.6 Å². The second-order valence-corrected chi connectivity index (χ2v) is 4.76. The van der Waals surface area contributed by atoms with Crippen LogP contribution in [0.15, 0.2) is 18.2 Å². The van der Waals surface area contributed by atoms with Crippen molar-refractivity contribution in [3.63, 3.8) is 0 Å². The van der Waals surface area contributed by atoms with Crippen molar-refractivity contribution < 1.29 is 18.7 Å². The van der Waals surface area contributed by atoms with Crippen LogP contribution in [0, 0.1) is 5.82 Å². The molecule has 1 fully saturated rings. The minimum atomic E-state index is -0.875. The van der Waals surface area contributed by atoms with Gasteiger partial charge >= 0.3 is 5.97 Å². The molecule has 5 nitrogen and oxygen atoms in total. The van der Waals surface area contributed by atoms with Crippen molar-refractivity contribution in [2.24, 2.45) is 0 Å². The van der Waals surface area contributed by atoms with Crippen LogP contribution >= 0.6 is 0 Å². The quantitative estimate of drug-likeness (QED) is 0.674. The predicted molar refractivity (Wildman–Crippen MR) is 71.5 cm³/mol. The van der Waals surface area contributed by atoms with Crippen LogP contribution in [-0.2, 0) is 9.53 Å². The number of anilines is 1. The molecule has 108 valence electrons. The molecule has 0 aliphatic carbocycles. The minimum Gasteiger partial charge on any atom is -0.452 e. The van der Waals surface area contributed by atoms with Gasteiger partial charge in [0.15, 0.2) is 6.61 Å². The summed E-state index contributed by atoms with van der Waals surface area (Å²) in [6, 6.07) is 3.65. The number of benzene rings is 1. The number of nitrogen functional groups attached to an aromatic ring is 1. The maximum absolute atomic E-state index is 13.4. The number of rotatable bonds is 3. The fourth-order valence-electron chi connectivity index (χ4n) is 2.14. The molecule has 0 unspecified atom stereocenters. The zero-order valence-electron chi connectivity index (χ0n) is 11.1. The SMILES string of the molecule is Nc1ccc(F)c(C(=O)OCC(=O)N2CCCCC2)c1. The second-order valence-electron chi connectivity index (χ2n) is 4.76. The number of nitrogens with zero attached hydrogens (tertiary/aromatic N) is 1. The highest BCUT2D eigenvalue weighted by Crippen LogP contribution is 2.14. The molecular weight excluding hydrogens is 263 g/mol. The zero-order valence-corrected chi connectivity index (χ0v) is 11.1. The van der Waals surface area contributed by atoms with Gasteiger partial charge in [-0.3, -0.25) is 4.79 Å². The van der Waals surface area contributed by atoms with Crippen molar-refractivity contribution >= 4 is 17.6 Å². The van der Waals surface area contributed by atoms with Crippen LogP contribution in [-0.4, -0.2) is 36.5 Å². The number of amides is 1. The van der Waals surface area contributed by atoms with Crippen LogP contribution in [0.1, 0.15) is 29.6 Å². The van der Waals surface area contributed by atoms with Gasteiger partial charge in [0.2, 0.25) is 0 Å². The molecule has 0 saturated carbocycles. The Bertz CT molecular complexity index is 513. The summed E-state index contributed by atoms with van der Waals surface area (Å²) in [6.07, 6.45) is 3.03. The van der Waals surface area contributed by atoms with E-state index in [4.69, 9.17) is 10.5 Å². The highest BCUT2D eigenvalue weighted by molar-refractivity contribution is 5.92. The Hall–Kier alpha value is -2.11. The summed E-state index contributed by atoms with van der Waals surface area (Å²) in [5.74, 6) is -1.84. The molecule has 1 heterocycles. The third-order valence-corrected chi connectivity index (χ3v) is 3.25. The number of esters is 1. The smallest absolute Gasteiger partial charge is 0.341 e. The van der Waals surface area contributed by atoms with E-state index >= 15 is 0 Å². The number of hydrogen-bond donors (Lipinski definition) is 1. The van der Waals surface area contributed by atoms with Crippen molar-refractivity contribution in [2.75, 3.05) is 25.4 Å². The van der Waals surface area contributed by atoms with E-state index in [0.717, 1.165) is 25.3 Å². The van der Waals surface area contributed by atoms with Crippen LogP contribution in [0.3, 0.4) is 0 Å². The standard InChI is InChI=1S/C14H17FN2O3/c15-12-5-4-10(16)8-11(12)14(19)20-9-13(18)17-6-2-1-3-7-17/h4-5,8H,1-3,6-7,9,16H2. The molecule has 1 aliphatic rings. The number of hydrogen-bond acceptors (Lipinski definition) is 4. The highest BCUT2D eigenvalue weighted by Gasteiger charge is 2.19. The first-order valence-corrected chi connectivity index (χ1v) is 6.58. The average molecular weight is 280 g/mol. The van der Waals surface area contributed by atoms with Crippen molar-refractivity contribution in [1.82, 2.24) is 4.90 Å². The maximum atomic E-state index is 13.4. The van der Waals surface area contributed by atoms with E-state index in [-0.39, 0.29) is 23.8 Å². The lowest BCUT2D eigenvalue weighted by Gasteiger charge is -2.26. The summed E-state index contributed by atoms with van der Waals surface area (Å²) in [5.41, 5.74) is 5.50. The van der Waals surface area contributed by atoms with Gasteiger partial charge in [-0.15, -0.1) is 0 Å². The molecule has 1 amide bonds. The predicted octanol–water partition coefficient (Wildman–Crippen LogP) is 1.58. The average Bonchev–Trinajstić information content (AvgIpc) is 2.47. The monoisotopic (exact) mass is 280 g/mol. The fraction of sp³-hybridized carbons (Fsp3) is 0.429. The van der Waals surface area contributed by atoms with Crippen LogP contribution < -0.4 is 5.73 Å². The Labute approximate surface area is 116 Å². The van der Waals surface area contributed by atoms with Crippen LogP contribution in [0.25, 0.3) is 0 Å². The van der Waals surface area contributed by atoms with Crippen molar-refractivity contribution in [3.8, 4) is 0 Å². The minimum absolute atomic E-state index is 0.248. The molecule has 0 bridgehead atoms. The summed E-state index contributed by atoms with van der Waals surface area (Å²) in [4.78, 5) is 25.2. The van der Waals surface area contributed by atoms with E-state index in [1.807, 2.05) is 0 Å². The number of carbonyl (C=O) groups excluding carboxylic acids is 2. The van der Waals surface area contributed by atoms with E-state index < -0.39 is 11.8 Å². The molecule has 1 aromatic rings. The lowest BCUT2D eigenvalue weighted by Crippen LogP contribution is -2.38. The van der Waals surface area contributed by atoms with Gasteiger partial charge in [0.25, 0.3) is 5.91 Å². The van der Waals surface area contributed by atoms with Crippen LogP contribution in [0.5, 0.6) is 0 Å². The van der Waals surface area contributed by atoms with Crippen LogP contribution in [0.4, 0.5) is 10.1 Å². The summed E-state index contributed by atoms with van der Waals surface area (Å²) in [6.45, 7) is 0.999. The van der Waals surface area contributed by atoms with Crippen molar-refractivity contribution in [2.45, 2.75) is 19.3 Å². The number of nitrogens with two attached hydrogens (primary N) is 1. The number of halogens is 1. The van der Waals surface area contributed by atoms with E-state index in [1.165, 1.54) is 12.1 Å². The number of carbonyl (C=O) groups is 2. The normalized spacial score (nSPS) is 14.9. The Morgan fingerprint density at radius 3 is 2.65 bits per heavy atom. The van der Waals surface area contributed by atoms with Gasteiger partial charge in [-0.05, 0) is 37.5 Å². The van der Waals surface area contributed by atoms with E-state index in [0.29, 0.717) is 13.1 Å². The summed E-state index contributed by atoms with van der Waals surface area (Å²) < 4.78 is 18.3. The summed E-state index contributed by atoms with van der Waals surface area (Å²) >= 11 is 0. The van der Waals surface area contributed by atoms with E-state index in [1.54, 1.807) is 4.90 Å². The van der Waals surface area contributed by atoms with Gasteiger partial charge in [0, 0.05) is 18.8 Å². The van der Waals surface area contributed by atoms with Gasteiger partial charge in [0.1, 0.15) is 5.82 Å².